The van der Waals surface area contributed by atoms with Crippen molar-refractivity contribution in [3.05, 3.63) is 19.5 Å². The van der Waals surface area contributed by atoms with Crippen LogP contribution in [0.4, 0.5) is 0 Å². The van der Waals surface area contributed by atoms with Crippen LogP contribution in [-0.4, -0.2) is 15.0 Å². The van der Waals surface area contributed by atoms with Crippen LogP contribution in [0.2, 0.25) is 5.15 Å². The van der Waals surface area contributed by atoms with E-state index in [2.05, 4.69) is 53.5 Å². The smallest absolute Gasteiger partial charge is 0.164 e. The molecule has 0 aliphatic heterocycles. The Hall–Kier alpha value is 0.120. The molecule has 62 valence electrons. The molecule has 0 aromatic carbocycles. The molecule has 0 aliphatic rings. The summed E-state index contributed by atoms with van der Waals surface area (Å²) in [6.07, 6.45) is 1.84. The molecule has 3 nitrogen and oxygen atoms in total. The molecule has 1 N–H and O–H groups in total. The summed E-state index contributed by atoms with van der Waals surface area (Å²) < 4.78 is 1.61. The van der Waals surface area contributed by atoms with Crippen LogP contribution in [0, 0.1) is 3.57 Å². The second-order valence-corrected chi connectivity index (χ2v) is 4.41. The molecule has 2 aromatic rings. The average Bonchev–Trinajstić information content (AvgIpc) is 2.35. The zero-order chi connectivity index (χ0) is 8.72. The van der Waals surface area contributed by atoms with Gasteiger partial charge in [0.1, 0.15) is 10.1 Å². The highest BCUT2D eigenvalue weighted by atomic mass is 127. The van der Waals surface area contributed by atoms with Crippen molar-refractivity contribution in [1.29, 1.82) is 0 Å². The summed E-state index contributed by atoms with van der Waals surface area (Å²) in [5.74, 6) is 0. The van der Waals surface area contributed by atoms with Crippen molar-refractivity contribution in [3.8, 4) is 0 Å². The Bertz CT molecular complexity index is 442. The highest BCUT2D eigenvalue weighted by molar-refractivity contribution is 14.1. The van der Waals surface area contributed by atoms with Gasteiger partial charge in [-0.15, -0.1) is 0 Å². The molecule has 0 radical (unpaired) electrons. The summed E-state index contributed by atoms with van der Waals surface area (Å²) in [7, 11) is 0. The Morgan fingerprint density at radius 1 is 1.50 bits per heavy atom. The van der Waals surface area contributed by atoms with Gasteiger partial charge in [0.15, 0.2) is 10.8 Å². The largest absolute Gasteiger partial charge is 0.344 e. The van der Waals surface area contributed by atoms with Gasteiger partial charge >= 0.3 is 0 Å². The molecule has 6 heteroatoms. The maximum Gasteiger partial charge on any atom is 0.164 e. The topological polar surface area (TPSA) is 41.6 Å². The molecule has 2 heterocycles. The van der Waals surface area contributed by atoms with E-state index in [1.54, 1.807) is 0 Å². The van der Waals surface area contributed by atoms with Crippen LogP contribution in [0.15, 0.2) is 10.8 Å². The van der Waals surface area contributed by atoms with Gasteiger partial charge in [0.25, 0.3) is 0 Å². The zero-order valence-electron chi connectivity index (χ0n) is 5.61. The van der Waals surface area contributed by atoms with Crippen LogP contribution < -0.4 is 0 Å². The molecule has 2 aromatic heterocycles. The molecule has 0 saturated carbocycles. The lowest BCUT2D eigenvalue weighted by Crippen LogP contribution is -1.85. The highest BCUT2D eigenvalue weighted by Crippen LogP contribution is 2.23. The SMILES string of the molecule is Clc1nc2[nH]cc(I)c2nc1Br. The monoisotopic (exact) mass is 357 g/mol. The first kappa shape index (κ1) is 8.71. The van der Waals surface area contributed by atoms with Gasteiger partial charge in [-0.05, 0) is 38.5 Å². The zero-order valence-corrected chi connectivity index (χ0v) is 10.1. The molecule has 2 rings (SSSR count). The lowest BCUT2D eigenvalue weighted by atomic mass is 10.5. The van der Waals surface area contributed by atoms with Crippen LogP contribution in [0.5, 0.6) is 0 Å². The van der Waals surface area contributed by atoms with Gasteiger partial charge in [-0.25, -0.2) is 9.97 Å². The summed E-state index contributed by atoms with van der Waals surface area (Å²) in [6.45, 7) is 0. The number of aromatic amines is 1. The van der Waals surface area contributed by atoms with Crippen molar-refractivity contribution in [2.75, 3.05) is 0 Å². The molecule has 0 bridgehead atoms. The van der Waals surface area contributed by atoms with Gasteiger partial charge in [-0.3, -0.25) is 0 Å². The second-order valence-electron chi connectivity index (χ2n) is 2.14. The fourth-order valence-corrected chi connectivity index (χ4v) is 1.79. The van der Waals surface area contributed by atoms with Gasteiger partial charge in [0.05, 0.1) is 3.57 Å². The molecule has 0 fully saturated rings. The molecule has 0 spiro atoms. The minimum Gasteiger partial charge on any atom is -0.344 e. The number of H-pyrrole nitrogens is 1. The number of halogens is 3. The maximum atomic E-state index is 5.75. The van der Waals surface area contributed by atoms with Gasteiger partial charge in [-0.1, -0.05) is 11.6 Å². The van der Waals surface area contributed by atoms with Crippen molar-refractivity contribution in [2.24, 2.45) is 0 Å². The molecule has 12 heavy (non-hydrogen) atoms. The normalized spacial score (nSPS) is 10.9. The number of rotatable bonds is 0. The van der Waals surface area contributed by atoms with Gasteiger partial charge in [0, 0.05) is 6.20 Å². The standard InChI is InChI=1S/C6H2BrClIN3/c7-4-5(8)12-6-3(11-4)2(9)1-10-6/h1H,(H,10,12). The Morgan fingerprint density at radius 2 is 2.25 bits per heavy atom. The number of hydrogen-bond donors (Lipinski definition) is 1. The van der Waals surface area contributed by atoms with E-state index in [-0.39, 0.29) is 0 Å². The van der Waals surface area contributed by atoms with E-state index in [0.29, 0.717) is 15.4 Å². The fraction of sp³-hybridized carbons (Fsp3) is 0. The molecule has 0 aliphatic carbocycles. The second kappa shape index (κ2) is 3.12. The van der Waals surface area contributed by atoms with E-state index in [9.17, 15) is 0 Å². The van der Waals surface area contributed by atoms with E-state index in [1.165, 1.54) is 0 Å². The third-order valence-electron chi connectivity index (χ3n) is 1.38. The summed E-state index contributed by atoms with van der Waals surface area (Å²) >= 11 is 11.2. The van der Waals surface area contributed by atoms with Crippen LogP contribution in [0.3, 0.4) is 0 Å². The van der Waals surface area contributed by atoms with E-state index in [0.717, 1.165) is 9.09 Å². The van der Waals surface area contributed by atoms with Crippen LogP contribution in [0.25, 0.3) is 11.2 Å². The molecular formula is C6H2BrClIN3. The van der Waals surface area contributed by atoms with Crippen LogP contribution in [-0.2, 0) is 0 Å². The minimum atomic E-state index is 0.376. The summed E-state index contributed by atoms with van der Waals surface area (Å²) in [4.78, 5) is 11.3. The van der Waals surface area contributed by atoms with E-state index >= 15 is 0 Å². The van der Waals surface area contributed by atoms with E-state index in [4.69, 9.17) is 11.6 Å². The number of aromatic nitrogens is 3. The molecule has 0 saturated heterocycles. The first-order chi connectivity index (χ1) is 5.68. The van der Waals surface area contributed by atoms with Crippen molar-refractivity contribution in [2.45, 2.75) is 0 Å². The lowest BCUT2D eigenvalue weighted by Gasteiger charge is -1.93. The molecule has 0 amide bonds. The Balaban J connectivity index is 2.87. The highest BCUT2D eigenvalue weighted by Gasteiger charge is 2.07. The van der Waals surface area contributed by atoms with E-state index < -0.39 is 0 Å². The van der Waals surface area contributed by atoms with Crippen molar-refractivity contribution >= 4 is 61.3 Å². The number of fused-ring (bicyclic) bond motifs is 1. The first-order valence-electron chi connectivity index (χ1n) is 3.04. The molecular weight excluding hydrogens is 356 g/mol. The average molecular weight is 358 g/mol. The van der Waals surface area contributed by atoms with Crippen LogP contribution in [0.1, 0.15) is 0 Å². The van der Waals surface area contributed by atoms with Gasteiger partial charge < -0.3 is 4.98 Å². The third-order valence-corrected chi connectivity index (χ3v) is 3.24. The van der Waals surface area contributed by atoms with Crippen molar-refractivity contribution in [1.82, 2.24) is 15.0 Å². The van der Waals surface area contributed by atoms with Crippen LogP contribution >= 0.6 is 50.1 Å². The first-order valence-corrected chi connectivity index (χ1v) is 5.29. The minimum absolute atomic E-state index is 0.376. The summed E-state index contributed by atoms with van der Waals surface area (Å²) in [5.41, 5.74) is 1.56. The van der Waals surface area contributed by atoms with Gasteiger partial charge in [0.2, 0.25) is 0 Å². The maximum absolute atomic E-state index is 5.75. The lowest BCUT2D eigenvalue weighted by molar-refractivity contribution is 1.23. The number of nitrogens with zero attached hydrogens (tertiary/aromatic N) is 2. The number of hydrogen-bond acceptors (Lipinski definition) is 2. The predicted octanol–water partition coefficient (Wildman–Crippen LogP) is 2.98. The summed E-state index contributed by atoms with van der Waals surface area (Å²) in [6, 6.07) is 0. The quantitative estimate of drug-likeness (QED) is 0.736. The molecule has 0 atom stereocenters. The Morgan fingerprint density at radius 3 is 3.00 bits per heavy atom. The fourth-order valence-electron chi connectivity index (χ4n) is 0.862. The molecule has 0 unspecified atom stereocenters. The number of nitrogens with one attached hydrogen (secondary N) is 1. The predicted molar refractivity (Wildman–Crippen MR) is 59.3 cm³/mol. The van der Waals surface area contributed by atoms with Gasteiger partial charge in [-0.2, -0.15) is 0 Å². The Kier molecular flexibility index (Phi) is 2.26. The van der Waals surface area contributed by atoms with Crippen molar-refractivity contribution in [3.63, 3.8) is 0 Å². The third kappa shape index (κ3) is 1.33. The summed E-state index contributed by atoms with van der Waals surface area (Å²) in [5, 5.41) is 0.376. The van der Waals surface area contributed by atoms with Crippen molar-refractivity contribution < 1.29 is 0 Å². The van der Waals surface area contributed by atoms with E-state index in [1.807, 2.05) is 6.20 Å². The Labute approximate surface area is 95.2 Å².